The van der Waals surface area contributed by atoms with E-state index in [0.717, 1.165) is 24.0 Å². The highest BCUT2D eigenvalue weighted by Gasteiger charge is 2.26. The minimum atomic E-state index is -0.314. The van der Waals surface area contributed by atoms with Gasteiger partial charge in [-0.2, -0.15) is 0 Å². The van der Waals surface area contributed by atoms with Crippen LogP contribution in [0.4, 0.5) is 5.69 Å². The first-order valence-corrected chi connectivity index (χ1v) is 5.53. The first-order chi connectivity index (χ1) is 7.61. The maximum Gasteiger partial charge on any atom is 0.270 e. The second-order valence-corrected chi connectivity index (χ2v) is 4.41. The molecule has 0 amide bonds. The summed E-state index contributed by atoms with van der Waals surface area (Å²) in [5.74, 6) is 0.702. The summed E-state index contributed by atoms with van der Waals surface area (Å²) >= 11 is 0. The van der Waals surface area contributed by atoms with Gasteiger partial charge in [0.15, 0.2) is 0 Å². The first-order valence-electron chi connectivity index (χ1n) is 5.53. The average molecular weight is 217 g/mol. The molecule has 0 radical (unpaired) electrons. The van der Waals surface area contributed by atoms with Gasteiger partial charge in [0.1, 0.15) is 0 Å². The van der Waals surface area contributed by atoms with Crippen molar-refractivity contribution < 1.29 is 4.92 Å². The molecule has 1 aliphatic carbocycles. The summed E-state index contributed by atoms with van der Waals surface area (Å²) in [6, 6.07) is 5.44. The monoisotopic (exact) mass is 217 g/mol. The van der Waals surface area contributed by atoms with E-state index in [9.17, 15) is 10.1 Å². The summed E-state index contributed by atoms with van der Waals surface area (Å²) in [7, 11) is 0. The highest BCUT2D eigenvalue weighted by atomic mass is 16.6. The van der Waals surface area contributed by atoms with Crippen LogP contribution in [-0.4, -0.2) is 4.92 Å². The number of nitrogens with zero attached hydrogens (tertiary/aromatic N) is 1. The van der Waals surface area contributed by atoms with E-state index in [2.05, 4.69) is 12.6 Å². The SMILES string of the molecule is C=CC(C)c1cc(C2CC2)cc([N+](=O)[O-])c1. The van der Waals surface area contributed by atoms with Crippen LogP contribution in [-0.2, 0) is 0 Å². The zero-order chi connectivity index (χ0) is 11.7. The quantitative estimate of drug-likeness (QED) is 0.438. The molecule has 1 atom stereocenters. The molecule has 3 nitrogen and oxygen atoms in total. The lowest BCUT2D eigenvalue weighted by atomic mass is 9.97. The normalized spacial score (nSPS) is 16.8. The van der Waals surface area contributed by atoms with Gasteiger partial charge >= 0.3 is 0 Å². The number of nitro benzene ring substituents is 1. The second kappa shape index (κ2) is 4.08. The van der Waals surface area contributed by atoms with E-state index in [1.54, 1.807) is 12.1 Å². The number of nitro groups is 1. The van der Waals surface area contributed by atoms with Gasteiger partial charge in [0.05, 0.1) is 4.92 Å². The molecule has 0 aromatic heterocycles. The van der Waals surface area contributed by atoms with Crippen LogP contribution in [0.3, 0.4) is 0 Å². The fourth-order valence-corrected chi connectivity index (χ4v) is 1.82. The number of rotatable bonds is 4. The smallest absolute Gasteiger partial charge is 0.258 e. The minimum Gasteiger partial charge on any atom is -0.258 e. The highest BCUT2D eigenvalue weighted by molar-refractivity contribution is 5.44. The number of hydrogen-bond donors (Lipinski definition) is 0. The van der Waals surface area contributed by atoms with Gasteiger partial charge < -0.3 is 0 Å². The number of benzene rings is 1. The highest BCUT2D eigenvalue weighted by Crippen LogP contribution is 2.42. The zero-order valence-corrected chi connectivity index (χ0v) is 9.35. The van der Waals surface area contributed by atoms with Gasteiger partial charge in [0.25, 0.3) is 5.69 Å². The van der Waals surface area contributed by atoms with E-state index in [0.29, 0.717) is 5.92 Å². The third-order valence-corrected chi connectivity index (χ3v) is 3.10. The van der Waals surface area contributed by atoms with Crippen LogP contribution in [0, 0.1) is 10.1 Å². The van der Waals surface area contributed by atoms with Crippen molar-refractivity contribution in [2.75, 3.05) is 0 Å². The van der Waals surface area contributed by atoms with Crippen molar-refractivity contribution in [2.24, 2.45) is 0 Å². The molecule has 16 heavy (non-hydrogen) atoms. The predicted octanol–water partition coefficient (Wildman–Crippen LogP) is 3.76. The van der Waals surface area contributed by atoms with E-state index in [1.165, 1.54) is 0 Å². The van der Waals surface area contributed by atoms with Gasteiger partial charge in [-0.15, -0.1) is 6.58 Å². The summed E-state index contributed by atoms with van der Waals surface area (Å²) in [4.78, 5) is 10.5. The predicted molar refractivity (Wildman–Crippen MR) is 63.7 cm³/mol. The summed E-state index contributed by atoms with van der Waals surface area (Å²) in [6.45, 7) is 5.73. The maximum absolute atomic E-state index is 10.8. The Balaban J connectivity index is 2.43. The summed E-state index contributed by atoms with van der Waals surface area (Å²) in [6.07, 6.45) is 4.13. The fourth-order valence-electron chi connectivity index (χ4n) is 1.82. The standard InChI is InChI=1S/C13H15NO2/c1-3-9(2)11-6-12(10-4-5-10)8-13(7-11)14(15)16/h3,6-10H,1,4-5H2,2H3. The zero-order valence-electron chi connectivity index (χ0n) is 9.35. The van der Waals surface area contributed by atoms with Gasteiger partial charge in [-0.1, -0.05) is 19.1 Å². The molecule has 1 aliphatic rings. The Kier molecular flexibility index (Phi) is 2.77. The molecular weight excluding hydrogens is 202 g/mol. The van der Waals surface area contributed by atoms with Crippen molar-refractivity contribution in [3.63, 3.8) is 0 Å². The van der Waals surface area contributed by atoms with Crippen LogP contribution in [0.2, 0.25) is 0 Å². The molecule has 1 saturated carbocycles. The Hall–Kier alpha value is -1.64. The molecule has 84 valence electrons. The van der Waals surface area contributed by atoms with Crippen molar-refractivity contribution in [3.8, 4) is 0 Å². The number of non-ortho nitro benzene ring substituents is 1. The maximum atomic E-state index is 10.8. The molecule has 0 N–H and O–H groups in total. The van der Waals surface area contributed by atoms with E-state index < -0.39 is 0 Å². The van der Waals surface area contributed by atoms with Crippen molar-refractivity contribution >= 4 is 5.69 Å². The van der Waals surface area contributed by atoms with Gasteiger partial charge in [0, 0.05) is 12.1 Å². The molecule has 0 bridgehead atoms. The van der Waals surface area contributed by atoms with Crippen molar-refractivity contribution in [1.29, 1.82) is 0 Å². The number of hydrogen-bond acceptors (Lipinski definition) is 2. The van der Waals surface area contributed by atoms with E-state index in [1.807, 2.05) is 13.0 Å². The Labute approximate surface area is 94.9 Å². The third-order valence-electron chi connectivity index (χ3n) is 3.10. The average Bonchev–Trinajstić information content (AvgIpc) is 3.11. The summed E-state index contributed by atoms with van der Waals surface area (Å²) in [5.41, 5.74) is 2.30. The Morgan fingerprint density at radius 3 is 2.69 bits per heavy atom. The molecule has 0 spiro atoms. The molecule has 1 aromatic rings. The van der Waals surface area contributed by atoms with Crippen LogP contribution in [0.15, 0.2) is 30.9 Å². The Morgan fingerprint density at radius 1 is 1.50 bits per heavy atom. The second-order valence-electron chi connectivity index (χ2n) is 4.41. The lowest BCUT2D eigenvalue weighted by molar-refractivity contribution is -0.385. The van der Waals surface area contributed by atoms with Crippen LogP contribution in [0.1, 0.15) is 42.7 Å². The van der Waals surface area contributed by atoms with Gasteiger partial charge in [-0.3, -0.25) is 10.1 Å². The third kappa shape index (κ3) is 2.13. The van der Waals surface area contributed by atoms with Crippen LogP contribution < -0.4 is 0 Å². The minimum absolute atomic E-state index is 0.164. The largest absolute Gasteiger partial charge is 0.270 e. The lowest BCUT2D eigenvalue weighted by Gasteiger charge is -2.08. The number of allylic oxidation sites excluding steroid dienone is 1. The van der Waals surface area contributed by atoms with E-state index in [-0.39, 0.29) is 16.5 Å². The van der Waals surface area contributed by atoms with E-state index >= 15 is 0 Å². The van der Waals surface area contributed by atoms with Gasteiger partial charge in [-0.25, -0.2) is 0 Å². The lowest BCUT2D eigenvalue weighted by Crippen LogP contribution is -1.96. The van der Waals surface area contributed by atoms with Crippen LogP contribution in [0.5, 0.6) is 0 Å². The molecule has 3 heteroatoms. The molecule has 0 heterocycles. The van der Waals surface area contributed by atoms with Crippen molar-refractivity contribution in [2.45, 2.75) is 31.6 Å². The van der Waals surface area contributed by atoms with Crippen molar-refractivity contribution in [3.05, 3.63) is 52.1 Å². The molecule has 2 rings (SSSR count). The van der Waals surface area contributed by atoms with E-state index in [4.69, 9.17) is 0 Å². The molecule has 0 aliphatic heterocycles. The summed E-state index contributed by atoms with van der Waals surface area (Å²) < 4.78 is 0. The summed E-state index contributed by atoms with van der Waals surface area (Å²) in [5, 5.41) is 10.8. The van der Waals surface area contributed by atoms with Crippen molar-refractivity contribution in [1.82, 2.24) is 0 Å². The Morgan fingerprint density at radius 2 is 2.19 bits per heavy atom. The van der Waals surface area contributed by atoms with Crippen LogP contribution >= 0.6 is 0 Å². The molecule has 0 saturated heterocycles. The molecule has 1 unspecified atom stereocenters. The molecule has 1 aromatic carbocycles. The Bertz CT molecular complexity index is 436. The fraction of sp³-hybridized carbons (Fsp3) is 0.385. The molecular formula is C13H15NO2. The van der Waals surface area contributed by atoms with Crippen LogP contribution in [0.25, 0.3) is 0 Å². The van der Waals surface area contributed by atoms with Gasteiger partial charge in [-0.05, 0) is 35.8 Å². The van der Waals surface area contributed by atoms with Gasteiger partial charge in [0.2, 0.25) is 0 Å². The topological polar surface area (TPSA) is 43.1 Å². The molecule has 1 fully saturated rings. The first kappa shape index (κ1) is 10.9.